The van der Waals surface area contributed by atoms with Gasteiger partial charge in [0.2, 0.25) is 0 Å². The van der Waals surface area contributed by atoms with Gasteiger partial charge in [-0.2, -0.15) is 0 Å². The van der Waals surface area contributed by atoms with Gasteiger partial charge < -0.3 is 11.1 Å². The summed E-state index contributed by atoms with van der Waals surface area (Å²) in [5.74, 6) is -0.387. The van der Waals surface area contributed by atoms with Gasteiger partial charge in [-0.25, -0.2) is 4.39 Å². The predicted molar refractivity (Wildman–Crippen MR) is 70.7 cm³/mol. The third kappa shape index (κ3) is 3.41. The average Bonchev–Trinajstić information content (AvgIpc) is 2.23. The predicted octanol–water partition coefficient (Wildman–Crippen LogP) is 3.11. The highest BCUT2D eigenvalue weighted by Gasteiger charge is 2.29. The Bertz CT molecular complexity index is 380. The molecule has 2 nitrogen and oxygen atoms in total. The van der Waals surface area contributed by atoms with Gasteiger partial charge in [0, 0.05) is 6.04 Å². The van der Waals surface area contributed by atoms with Crippen LogP contribution in [0.3, 0.4) is 0 Å². The molecule has 0 fully saturated rings. The van der Waals surface area contributed by atoms with Crippen molar-refractivity contribution in [3.63, 3.8) is 0 Å². The number of halogens is 2. The molecule has 0 aromatic heterocycles. The molecule has 3 N–H and O–H groups in total. The Morgan fingerprint density at radius 1 is 1.47 bits per heavy atom. The van der Waals surface area contributed by atoms with Crippen LogP contribution in [0.1, 0.15) is 31.9 Å². The van der Waals surface area contributed by atoms with E-state index in [1.807, 2.05) is 7.05 Å². The summed E-state index contributed by atoms with van der Waals surface area (Å²) < 4.78 is 13.1. The van der Waals surface area contributed by atoms with Crippen LogP contribution in [0.2, 0.25) is 5.02 Å². The van der Waals surface area contributed by atoms with E-state index in [-0.39, 0.29) is 22.3 Å². The summed E-state index contributed by atoms with van der Waals surface area (Å²) in [6.45, 7) is 4.90. The summed E-state index contributed by atoms with van der Waals surface area (Å²) in [4.78, 5) is 0. The van der Waals surface area contributed by atoms with Crippen molar-refractivity contribution in [3.8, 4) is 0 Å². The van der Waals surface area contributed by atoms with Crippen LogP contribution < -0.4 is 11.1 Å². The van der Waals surface area contributed by atoms with Crippen molar-refractivity contribution in [1.29, 1.82) is 0 Å². The minimum atomic E-state index is -0.387. The van der Waals surface area contributed by atoms with Crippen LogP contribution >= 0.6 is 11.6 Å². The first-order valence-electron chi connectivity index (χ1n) is 5.74. The molecule has 0 bridgehead atoms. The number of rotatable bonds is 5. The van der Waals surface area contributed by atoms with Gasteiger partial charge in [-0.1, -0.05) is 31.5 Å². The standard InChI is InChI=1S/C13H20ClFN2/c1-13(2,6-7-16)12(17-3)9-4-5-11(15)10(14)8-9/h4-5,8,12,17H,6-7,16H2,1-3H3. The van der Waals surface area contributed by atoms with E-state index in [4.69, 9.17) is 17.3 Å². The highest BCUT2D eigenvalue weighted by atomic mass is 35.5. The maximum Gasteiger partial charge on any atom is 0.141 e. The molecular weight excluding hydrogens is 239 g/mol. The molecule has 1 unspecified atom stereocenters. The van der Waals surface area contributed by atoms with Crippen LogP contribution in [-0.4, -0.2) is 13.6 Å². The molecule has 0 saturated heterocycles. The third-order valence-corrected chi connectivity index (χ3v) is 3.43. The van der Waals surface area contributed by atoms with E-state index < -0.39 is 0 Å². The van der Waals surface area contributed by atoms with Crippen LogP contribution in [0.25, 0.3) is 0 Å². The Kier molecular flexibility index (Phi) is 4.92. The molecule has 0 aliphatic carbocycles. The van der Waals surface area contributed by atoms with Crippen LogP contribution in [0.5, 0.6) is 0 Å². The number of nitrogens with one attached hydrogen (secondary N) is 1. The molecule has 0 spiro atoms. The second kappa shape index (κ2) is 5.80. The molecule has 0 amide bonds. The lowest BCUT2D eigenvalue weighted by Crippen LogP contribution is -2.33. The fourth-order valence-corrected chi connectivity index (χ4v) is 2.41. The Hall–Kier alpha value is -0.640. The van der Waals surface area contributed by atoms with E-state index in [2.05, 4.69) is 19.2 Å². The second-order valence-electron chi connectivity index (χ2n) is 4.92. The topological polar surface area (TPSA) is 38.0 Å². The summed E-state index contributed by atoms with van der Waals surface area (Å²) >= 11 is 5.81. The summed E-state index contributed by atoms with van der Waals surface area (Å²) in [7, 11) is 1.89. The van der Waals surface area contributed by atoms with Gasteiger partial charge in [-0.05, 0) is 43.1 Å². The second-order valence-corrected chi connectivity index (χ2v) is 5.33. The highest BCUT2D eigenvalue weighted by Crippen LogP contribution is 2.36. The maximum absolute atomic E-state index is 13.1. The Morgan fingerprint density at radius 2 is 2.12 bits per heavy atom. The lowest BCUT2D eigenvalue weighted by molar-refractivity contribution is 0.239. The van der Waals surface area contributed by atoms with E-state index >= 15 is 0 Å². The van der Waals surface area contributed by atoms with E-state index in [1.54, 1.807) is 12.1 Å². The van der Waals surface area contributed by atoms with Crippen molar-refractivity contribution in [2.24, 2.45) is 11.1 Å². The molecule has 0 heterocycles. The zero-order valence-corrected chi connectivity index (χ0v) is 11.3. The number of hydrogen-bond acceptors (Lipinski definition) is 2. The van der Waals surface area contributed by atoms with Gasteiger partial charge >= 0.3 is 0 Å². The molecule has 96 valence electrons. The van der Waals surface area contributed by atoms with E-state index in [1.165, 1.54) is 6.07 Å². The van der Waals surface area contributed by atoms with Crippen molar-refractivity contribution < 1.29 is 4.39 Å². The highest BCUT2D eigenvalue weighted by molar-refractivity contribution is 6.30. The first kappa shape index (κ1) is 14.4. The van der Waals surface area contributed by atoms with Crippen LogP contribution in [0, 0.1) is 11.2 Å². The average molecular weight is 259 g/mol. The minimum Gasteiger partial charge on any atom is -0.330 e. The van der Waals surface area contributed by atoms with Crippen molar-refractivity contribution in [2.45, 2.75) is 26.3 Å². The Morgan fingerprint density at radius 3 is 2.59 bits per heavy atom. The quantitative estimate of drug-likeness (QED) is 0.852. The SMILES string of the molecule is CNC(c1ccc(F)c(Cl)c1)C(C)(C)CCN. The van der Waals surface area contributed by atoms with Crippen molar-refractivity contribution >= 4 is 11.6 Å². The number of hydrogen-bond donors (Lipinski definition) is 2. The fraction of sp³-hybridized carbons (Fsp3) is 0.538. The molecule has 1 rings (SSSR count). The van der Waals surface area contributed by atoms with Crippen molar-refractivity contribution in [2.75, 3.05) is 13.6 Å². The molecule has 1 atom stereocenters. The van der Waals surface area contributed by atoms with Crippen molar-refractivity contribution in [1.82, 2.24) is 5.32 Å². The normalized spacial score (nSPS) is 13.8. The van der Waals surface area contributed by atoms with Gasteiger partial charge in [0.1, 0.15) is 5.82 Å². The number of nitrogens with two attached hydrogens (primary N) is 1. The first-order valence-corrected chi connectivity index (χ1v) is 6.12. The lowest BCUT2D eigenvalue weighted by atomic mass is 9.78. The summed E-state index contributed by atoms with van der Waals surface area (Å²) in [6, 6.07) is 4.95. The first-order chi connectivity index (χ1) is 7.92. The number of benzene rings is 1. The summed E-state index contributed by atoms with van der Waals surface area (Å²) in [5, 5.41) is 3.41. The Labute approximate surface area is 107 Å². The largest absolute Gasteiger partial charge is 0.330 e. The maximum atomic E-state index is 13.1. The zero-order chi connectivity index (χ0) is 13.1. The van der Waals surface area contributed by atoms with Gasteiger partial charge in [0.05, 0.1) is 5.02 Å². The third-order valence-electron chi connectivity index (χ3n) is 3.14. The van der Waals surface area contributed by atoms with Gasteiger partial charge in [0.25, 0.3) is 0 Å². The van der Waals surface area contributed by atoms with Gasteiger partial charge in [-0.3, -0.25) is 0 Å². The molecule has 1 aromatic carbocycles. The summed E-state index contributed by atoms with van der Waals surface area (Å²) in [6.07, 6.45) is 0.882. The van der Waals surface area contributed by atoms with Gasteiger partial charge in [-0.15, -0.1) is 0 Å². The minimum absolute atomic E-state index is 0.00927. The molecular formula is C13H20ClFN2. The van der Waals surface area contributed by atoms with Crippen LogP contribution in [0.15, 0.2) is 18.2 Å². The van der Waals surface area contributed by atoms with E-state index in [9.17, 15) is 4.39 Å². The molecule has 17 heavy (non-hydrogen) atoms. The summed E-state index contributed by atoms with van der Waals surface area (Å²) in [5.41, 5.74) is 6.60. The molecule has 0 aliphatic heterocycles. The molecule has 0 saturated carbocycles. The van der Waals surface area contributed by atoms with E-state index in [0.29, 0.717) is 6.54 Å². The lowest BCUT2D eigenvalue weighted by Gasteiger charge is -2.34. The molecule has 0 radical (unpaired) electrons. The molecule has 0 aliphatic rings. The van der Waals surface area contributed by atoms with E-state index in [0.717, 1.165) is 12.0 Å². The fourth-order valence-electron chi connectivity index (χ4n) is 2.22. The monoisotopic (exact) mass is 258 g/mol. The molecule has 4 heteroatoms. The van der Waals surface area contributed by atoms with Crippen LogP contribution in [-0.2, 0) is 0 Å². The zero-order valence-electron chi connectivity index (χ0n) is 10.6. The van der Waals surface area contributed by atoms with Crippen molar-refractivity contribution in [3.05, 3.63) is 34.6 Å². The van der Waals surface area contributed by atoms with Crippen LogP contribution in [0.4, 0.5) is 4.39 Å². The Balaban J connectivity index is 3.05. The smallest absolute Gasteiger partial charge is 0.141 e. The van der Waals surface area contributed by atoms with Gasteiger partial charge in [0.15, 0.2) is 0 Å². The molecule has 1 aromatic rings.